The molecule has 1 heterocycles. The maximum Gasteiger partial charge on any atom is 0.151 e. The van der Waals surface area contributed by atoms with Gasteiger partial charge in [-0.1, -0.05) is 30.3 Å². The summed E-state index contributed by atoms with van der Waals surface area (Å²) >= 11 is 0. The van der Waals surface area contributed by atoms with Crippen LogP contribution in [0.4, 0.5) is 4.39 Å². The molecule has 0 amide bonds. The van der Waals surface area contributed by atoms with E-state index in [1.807, 2.05) is 37.3 Å². The second kappa shape index (κ2) is 6.90. The van der Waals surface area contributed by atoms with Crippen LogP contribution in [-0.4, -0.2) is 25.8 Å². The minimum absolute atomic E-state index is 0.143. The van der Waals surface area contributed by atoms with Crippen LogP contribution in [0.15, 0.2) is 48.5 Å². The van der Waals surface area contributed by atoms with Crippen LogP contribution in [0, 0.1) is 12.7 Å². The van der Waals surface area contributed by atoms with Gasteiger partial charge in [0.15, 0.2) is 6.10 Å². The lowest BCUT2D eigenvalue weighted by molar-refractivity contribution is -0.0435. The molecule has 2 atom stereocenters. The van der Waals surface area contributed by atoms with E-state index < -0.39 is 0 Å². The molecule has 4 heteroatoms. The number of aryl methyl sites for hydroxylation is 1. The number of nitrogens with one attached hydrogen (secondary N) is 1. The third-order valence-electron chi connectivity index (χ3n) is 3.82. The molecule has 2 aromatic rings. The smallest absolute Gasteiger partial charge is 0.151 e. The van der Waals surface area contributed by atoms with Gasteiger partial charge in [0.25, 0.3) is 0 Å². The lowest BCUT2D eigenvalue weighted by Gasteiger charge is -2.32. The molecule has 0 radical (unpaired) electrons. The topological polar surface area (TPSA) is 30.5 Å². The Kier molecular flexibility index (Phi) is 4.71. The van der Waals surface area contributed by atoms with Gasteiger partial charge >= 0.3 is 0 Å². The Morgan fingerprint density at radius 3 is 2.82 bits per heavy atom. The molecule has 1 saturated heterocycles. The molecule has 22 heavy (non-hydrogen) atoms. The number of rotatable bonds is 4. The summed E-state index contributed by atoms with van der Waals surface area (Å²) in [5.74, 6) is 0.533. The van der Waals surface area contributed by atoms with Crippen LogP contribution in [0.3, 0.4) is 0 Å². The first-order valence-corrected chi connectivity index (χ1v) is 7.54. The van der Waals surface area contributed by atoms with Crippen molar-refractivity contribution in [3.63, 3.8) is 0 Å². The van der Waals surface area contributed by atoms with Gasteiger partial charge in [-0.15, -0.1) is 0 Å². The van der Waals surface area contributed by atoms with Crippen molar-refractivity contribution in [3.8, 4) is 5.75 Å². The highest BCUT2D eigenvalue weighted by Crippen LogP contribution is 2.29. The molecule has 0 spiro atoms. The minimum atomic E-state index is -0.343. The molecule has 3 nitrogen and oxygen atoms in total. The van der Waals surface area contributed by atoms with E-state index in [4.69, 9.17) is 9.47 Å². The number of ether oxygens (including phenoxy) is 2. The van der Waals surface area contributed by atoms with E-state index in [0.29, 0.717) is 13.2 Å². The number of hydrogen-bond acceptors (Lipinski definition) is 3. The maximum atomic E-state index is 13.6. The Morgan fingerprint density at radius 2 is 2.09 bits per heavy atom. The number of morpholine rings is 1. The molecule has 0 saturated carbocycles. The average Bonchev–Trinajstić information content (AvgIpc) is 2.55. The summed E-state index contributed by atoms with van der Waals surface area (Å²) in [7, 11) is 0. The molecule has 0 aliphatic carbocycles. The van der Waals surface area contributed by atoms with Crippen LogP contribution in [-0.2, 0) is 4.74 Å². The molecule has 2 aromatic carbocycles. The summed E-state index contributed by atoms with van der Waals surface area (Å²) in [6, 6.07) is 14.4. The molecule has 1 N–H and O–H groups in total. The van der Waals surface area contributed by atoms with Crippen LogP contribution in [0.25, 0.3) is 0 Å². The Morgan fingerprint density at radius 1 is 1.23 bits per heavy atom. The van der Waals surface area contributed by atoms with Gasteiger partial charge in [-0.25, -0.2) is 4.39 Å². The fraction of sp³-hybridized carbons (Fsp3) is 0.333. The predicted molar refractivity (Wildman–Crippen MR) is 83.6 cm³/mol. The van der Waals surface area contributed by atoms with Crippen molar-refractivity contribution in [2.24, 2.45) is 0 Å². The molecule has 1 aliphatic heterocycles. The Balaban J connectivity index is 1.90. The Labute approximate surface area is 130 Å². The van der Waals surface area contributed by atoms with E-state index in [0.717, 1.165) is 23.4 Å². The molecular weight excluding hydrogens is 281 g/mol. The lowest BCUT2D eigenvalue weighted by atomic mass is 10.0. The lowest BCUT2D eigenvalue weighted by Crippen LogP contribution is -2.43. The highest BCUT2D eigenvalue weighted by atomic mass is 19.1. The third kappa shape index (κ3) is 3.46. The standard InChI is InChI=1S/C18H20FNO2/c1-13-5-2-3-8-16(13)22-18(17-12-20-9-10-21-17)14-6-4-7-15(19)11-14/h2-8,11,17-18,20H,9-10,12H2,1H3/t17-,18-/m0/s1. The van der Waals surface area contributed by atoms with E-state index >= 15 is 0 Å². The number of para-hydroxylation sites is 1. The van der Waals surface area contributed by atoms with Gasteiger partial charge in [0.2, 0.25) is 0 Å². The highest BCUT2D eigenvalue weighted by Gasteiger charge is 2.28. The average molecular weight is 301 g/mol. The predicted octanol–water partition coefficient (Wildman–Crippen LogP) is 3.24. The van der Waals surface area contributed by atoms with Gasteiger partial charge in [-0.3, -0.25) is 0 Å². The first kappa shape index (κ1) is 15.0. The van der Waals surface area contributed by atoms with E-state index in [9.17, 15) is 4.39 Å². The summed E-state index contributed by atoms with van der Waals surface area (Å²) in [6.45, 7) is 4.15. The number of halogens is 1. The van der Waals surface area contributed by atoms with E-state index in [1.54, 1.807) is 6.07 Å². The van der Waals surface area contributed by atoms with Gasteiger partial charge in [-0.05, 0) is 36.2 Å². The van der Waals surface area contributed by atoms with E-state index in [1.165, 1.54) is 12.1 Å². The zero-order valence-electron chi connectivity index (χ0n) is 12.6. The number of hydrogen-bond donors (Lipinski definition) is 1. The van der Waals surface area contributed by atoms with Crippen LogP contribution in [0.2, 0.25) is 0 Å². The molecular formula is C18H20FNO2. The van der Waals surface area contributed by atoms with Gasteiger partial charge in [-0.2, -0.15) is 0 Å². The second-order valence-corrected chi connectivity index (χ2v) is 5.47. The summed E-state index contributed by atoms with van der Waals surface area (Å²) in [6.07, 6.45) is -0.486. The largest absolute Gasteiger partial charge is 0.483 e. The number of benzene rings is 2. The minimum Gasteiger partial charge on any atom is -0.483 e. The van der Waals surface area contributed by atoms with Crippen molar-refractivity contribution in [2.75, 3.05) is 19.7 Å². The monoisotopic (exact) mass is 301 g/mol. The quantitative estimate of drug-likeness (QED) is 0.940. The first-order chi connectivity index (χ1) is 10.7. The summed E-state index contributed by atoms with van der Waals surface area (Å²) in [5.41, 5.74) is 1.84. The molecule has 3 rings (SSSR count). The van der Waals surface area contributed by atoms with Gasteiger partial charge < -0.3 is 14.8 Å². The molecule has 116 valence electrons. The van der Waals surface area contributed by atoms with Crippen molar-refractivity contribution < 1.29 is 13.9 Å². The van der Waals surface area contributed by atoms with Crippen molar-refractivity contribution in [3.05, 3.63) is 65.5 Å². The molecule has 0 bridgehead atoms. The fourth-order valence-corrected chi connectivity index (χ4v) is 2.65. The zero-order valence-corrected chi connectivity index (χ0v) is 12.6. The summed E-state index contributed by atoms with van der Waals surface area (Å²) in [4.78, 5) is 0. The van der Waals surface area contributed by atoms with Gasteiger partial charge in [0.05, 0.1) is 6.61 Å². The Bertz CT molecular complexity index is 626. The highest BCUT2D eigenvalue weighted by molar-refractivity contribution is 5.33. The normalized spacial score (nSPS) is 19.6. The van der Waals surface area contributed by atoms with Crippen LogP contribution in [0.5, 0.6) is 5.75 Å². The molecule has 1 fully saturated rings. The SMILES string of the molecule is Cc1ccccc1O[C@@H](c1cccc(F)c1)[C@@H]1CNCCO1. The molecule has 0 unspecified atom stereocenters. The van der Waals surface area contributed by atoms with Crippen LogP contribution < -0.4 is 10.1 Å². The third-order valence-corrected chi connectivity index (χ3v) is 3.82. The van der Waals surface area contributed by atoms with E-state index in [-0.39, 0.29) is 18.0 Å². The summed E-state index contributed by atoms with van der Waals surface area (Å²) in [5, 5.41) is 3.30. The summed E-state index contributed by atoms with van der Waals surface area (Å²) < 4.78 is 25.6. The van der Waals surface area contributed by atoms with Crippen molar-refractivity contribution in [1.29, 1.82) is 0 Å². The van der Waals surface area contributed by atoms with Crippen LogP contribution in [0.1, 0.15) is 17.2 Å². The fourth-order valence-electron chi connectivity index (χ4n) is 2.65. The van der Waals surface area contributed by atoms with Crippen molar-refractivity contribution in [1.82, 2.24) is 5.32 Å². The van der Waals surface area contributed by atoms with Crippen molar-refractivity contribution >= 4 is 0 Å². The first-order valence-electron chi connectivity index (χ1n) is 7.54. The second-order valence-electron chi connectivity index (χ2n) is 5.47. The van der Waals surface area contributed by atoms with Crippen LogP contribution >= 0.6 is 0 Å². The molecule has 1 aliphatic rings. The zero-order chi connectivity index (χ0) is 15.4. The Hall–Kier alpha value is -1.91. The van der Waals surface area contributed by atoms with E-state index in [2.05, 4.69) is 5.32 Å². The molecule has 0 aromatic heterocycles. The van der Waals surface area contributed by atoms with Gasteiger partial charge in [0, 0.05) is 13.1 Å². The van der Waals surface area contributed by atoms with Crippen molar-refractivity contribution in [2.45, 2.75) is 19.1 Å². The maximum absolute atomic E-state index is 13.6. The van der Waals surface area contributed by atoms with Gasteiger partial charge in [0.1, 0.15) is 17.7 Å².